The van der Waals surface area contributed by atoms with Gasteiger partial charge in [-0.1, -0.05) is 19.3 Å². The number of likely N-dealkylation sites (tertiary alicyclic amines) is 1. The van der Waals surface area contributed by atoms with Crippen molar-refractivity contribution in [2.45, 2.75) is 57.0 Å². The summed E-state index contributed by atoms with van der Waals surface area (Å²) in [6.45, 7) is 2.02. The molecule has 2 fully saturated rings. The minimum atomic E-state index is -0.0994. The topological polar surface area (TPSA) is 55.6 Å². The number of hydrogen-bond acceptors (Lipinski definition) is 4. The summed E-state index contributed by atoms with van der Waals surface area (Å²) < 4.78 is 4.77. The van der Waals surface area contributed by atoms with E-state index in [1.165, 1.54) is 39.2 Å². The summed E-state index contributed by atoms with van der Waals surface area (Å²) in [5.41, 5.74) is 6.15. The number of methoxy groups -OCH3 is 1. The van der Waals surface area contributed by atoms with Crippen molar-refractivity contribution in [1.29, 1.82) is 0 Å². The van der Waals surface area contributed by atoms with Gasteiger partial charge in [0, 0.05) is 31.6 Å². The fourth-order valence-corrected chi connectivity index (χ4v) is 3.50. The minimum absolute atomic E-state index is 0.0994. The monoisotopic (exact) mass is 254 g/mol. The van der Waals surface area contributed by atoms with E-state index in [4.69, 9.17) is 10.5 Å². The third-order valence-electron chi connectivity index (χ3n) is 4.37. The maximum Gasteiger partial charge on any atom is 0.305 e. The zero-order valence-corrected chi connectivity index (χ0v) is 11.4. The highest BCUT2D eigenvalue weighted by Gasteiger charge is 2.31. The Balaban J connectivity index is 1.88. The molecule has 0 aromatic heterocycles. The van der Waals surface area contributed by atoms with Crippen LogP contribution in [0.1, 0.15) is 44.9 Å². The Morgan fingerprint density at radius 3 is 2.67 bits per heavy atom. The van der Waals surface area contributed by atoms with Crippen LogP contribution in [0, 0.1) is 5.92 Å². The molecule has 1 heterocycles. The molecule has 4 nitrogen and oxygen atoms in total. The van der Waals surface area contributed by atoms with Gasteiger partial charge in [-0.2, -0.15) is 0 Å². The predicted molar refractivity (Wildman–Crippen MR) is 71.2 cm³/mol. The first-order chi connectivity index (χ1) is 8.69. The molecule has 2 aliphatic rings. The van der Waals surface area contributed by atoms with Crippen LogP contribution < -0.4 is 5.73 Å². The van der Waals surface area contributed by atoms with Gasteiger partial charge >= 0.3 is 5.97 Å². The van der Waals surface area contributed by atoms with Crippen LogP contribution in [0.25, 0.3) is 0 Å². The van der Waals surface area contributed by atoms with Crippen LogP contribution in [0.4, 0.5) is 0 Å². The number of hydrogen-bond donors (Lipinski definition) is 1. The molecule has 4 heteroatoms. The van der Waals surface area contributed by atoms with Crippen LogP contribution in [0.2, 0.25) is 0 Å². The fraction of sp³-hybridized carbons (Fsp3) is 0.929. The van der Waals surface area contributed by atoms with Crippen molar-refractivity contribution >= 4 is 5.97 Å². The van der Waals surface area contributed by atoms with Crippen molar-refractivity contribution in [3.8, 4) is 0 Å². The number of nitrogens with zero attached hydrogens (tertiary/aromatic N) is 1. The van der Waals surface area contributed by atoms with Gasteiger partial charge in [0.2, 0.25) is 0 Å². The molecule has 1 aliphatic heterocycles. The van der Waals surface area contributed by atoms with Gasteiger partial charge in [-0.3, -0.25) is 9.69 Å². The molecular weight excluding hydrogens is 228 g/mol. The van der Waals surface area contributed by atoms with E-state index >= 15 is 0 Å². The van der Waals surface area contributed by atoms with Crippen LogP contribution >= 0.6 is 0 Å². The van der Waals surface area contributed by atoms with E-state index in [1.54, 1.807) is 0 Å². The molecule has 1 saturated carbocycles. The Labute approximate surface area is 110 Å². The minimum Gasteiger partial charge on any atom is -0.469 e. The second-order valence-electron chi connectivity index (χ2n) is 5.89. The number of piperidine rings is 1. The van der Waals surface area contributed by atoms with E-state index < -0.39 is 0 Å². The Kier molecular flexibility index (Phi) is 5.01. The van der Waals surface area contributed by atoms with Crippen LogP contribution in [0.3, 0.4) is 0 Å². The third kappa shape index (κ3) is 3.69. The predicted octanol–water partition coefficient (Wildman–Crippen LogP) is 1.53. The third-order valence-corrected chi connectivity index (χ3v) is 4.37. The van der Waals surface area contributed by atoms with E-state index in [-0.39, 0.29) is 12.0 Å². The SMILES string of the molecule is COC(=O)CC1CC(N)CN(C2CCCCC2)C1. The van der Waals surface area contributed by atoms with Crippen LogP contribution in [0.15, 0.2) is 0 Å². The molecule has 1 aliphatic carbocycles. The number of ether oxygens (including phenoxy) is 1. The number of nitrogens with two attached hydrogens (primary N) is 1. The Morgan fingerprint density at radius 1 is 1.28 bits per heavy atom. The molecular formula is C14H26N2O2. The van der Waals surface area contributed by atoms with E-state index in [0.29, 0.717) is 18.4 Å². The zero-order valence-electron chi connectivity index (χ0n) is 11.4. The molecule has 18 heavy (non-hydrogen) atoms. The smallest absolute Gasteiger partial charge is 0.305 e. The van der Waals surface area contributed by atoms with Crippen molar-refractivity contribution in [2.24, 2.45) is 11.7 Å². The molecule has 1 saturated heterocycles. The maximum atomic E-state index is 11.4. The van der Waals surface area contributed by atoms with E-state index in [0.717, 1.165) is 19.5 Å². The summed E-state index contributed by atoms with van der Waals surface area (Å²) in [5, 5.41) is 0. The van der Waals surface area contributed by atoms with Crippen molar-refractivity contribution < 1.29 is 9.53 Å². The van der Waals surface area contributed by atoms with E-state index in [9.17, 15) is 4.79 Å². The highest BCUT2D eigenvalue weighted by Crippen LogP contribution is 2.28. The first kappa shape index (κ1) is 13.8. The molecule has 2 atom stereocenters. The Morgan fingerprint density at radius 2 is 2.00 bits per heavy atom. The van der Waals surface area contributed by atoms with E-state index in [2.05, 4.69) is 4.90 Å². The summed E-state index contributed by atoms with van der Waals surface area (Å²) in [5.74, 6) is 0.279. The van der Waals surface area contributed by atoms with E-state index in [1.807, 2.05) is 0 Å². The van der Waals surface area contributed by atoms with Gasteiger partial charge in [-0.05, 0) is 25.2 Å². The van der Waals surface area contributed by atoms with Crippen LogP contribution in [0.5, 0.6) is 0 Å². The van der Waals surface area contributed by atoms with Gasteiger partial charge in [0.15, 0.2) is 0 Å². The number of carbonyl (C=O) groups excluding carboxylic acids is 1. The normalized spacial score (nSPS) is 31.2. The van der Waals surface area contributed by atoms with Crippen molar-refractivity contribution in [1.82, 2.24) is 4.90 Å². The van der Waals surface area contributed by atoms with Gasteiger partial charge in [-0.25, -0.2) is 0 Å². The average Bonchev–Trinajstić information content (AvgIpc) is 2.39. The van der Waals surface area contributed by atoms with Crippen LogP contribution in [-0.4, -0.2) is 43.2 Å². The summed E-state index contributed by atoms with van der Waals surface area (Å²) >= 11 is 0. The number of carbonyl (C=O) groups is 1. The molecule has 0 amide bonds. The summed E-state index contributed by atoms with van der Waals surface area (Å²) in [6.07, 6.45) is 8.15. The van der Waals surface area contributed by atoms with Gasteiger partial charge < -0.3 is 10.5 Å². The van der Waals surface area contributed by atoms with Crippen LogP contribution in [-0.2, 0) is 9.53 Å². The summed E-state index contributed by atoms with van der Waals surface area (Å²) in [6, 6.07) is 0.917. The van der Waals surface area contributed by atoms with Crippen molar-refractivity contribution in [3.63, 3.8) is 0 Å². The molecule has 104 valence electrons. The Hall–Kier alpha value is -0.610. The maximum absolute atomic E-state index is 11.4. The highest BCUT2D eigenvalue weighted by atomic mass is 16.5. The van der Waals surface area contributed by atoms with Crippen molar-refractivity contribution in [2.75, 3.05) is 20.2 Å². The molecule has 0 bridgehead atoms. The summed E-state index contributed by atoms with van der Waals surface area (Å²) in [4.78, 5) is 13.9. The molecule has 0 aromatic rings. The van der Waals surface area contributed by atoms with Gasteiger partial charge in [-0.15, -0.1) is 0 Å². The average molecular weight is 254 g/mol. The highest BCUT2D eigenvalue weighted by molar-refractivity contribution is 5.69. The van der Waals surface area contributed by atoms with Gasteiger partial charge in [0.05, 0.1) is 7.11 Å². The zero-order chi connectivity index (χ0) is 13.0. The molecule has 2 rings (SSSR count). The van der Waals surface area contributed by atoms with Gasteiger partial charge in [0.1, 0.15) is 0 Å². The quantitative estimate of drug-likeness (QED) is 0.776. The second-order valence-corrected chi connectivity index (χ2v) is 5.89. The fourth-order valence-electron chi connectivity index (χ4n) is 3.50. The molecule has 2 N–H and O–H groups in total. The first-order valence-electron chi connectivity index (χ1n) is 7.25. The number of rotatable bonds is 3. The first-order valence-corrected chi connectivity index (χ1v) is 7.25. The molecule has 2 unspecified atom stereocenters. The standard InChI is InChI=1S/C14H26N2O2/c1-18-14(17)8-11-7-12(15)10-16(9-11)13-5-3-2-4-6-13/h11-13H,2-10,15H2,1H3. The Bertz CT molecular complexity index is 277. The lowest BCUT2D eigenvalue weighted by molar-refractivity contribution is -0.142. The lowest BCUT2D eigenvalue weighted by Gasteiger charge is -2.42. The van der Waals surface area contributed by atoms with Crippen molar-refractivity contribution in [3.05, 3.63) is 0 Å². The summed E-state index contributed by atoms with van der Waals surface area (Å²) in [7, 11) is 1.46. The second kappa shape index (κ2) is 6.53. The molecule has 0 radical (unpaired) electrons. The molecule has 0 aromatic carbocycles. The molecule has 0 spiro atoms. The lowest BCUT2D eigenvalue weighted by Crippen LogP contribution is -2.51. The lowest BCUT2D eigenvalue weighted by atomic mass is 9.87. The van der Waals surface area contributed by atoms with Gasteiger partial charge in [0.25, 0.3) is 0 Å². The largest absolute Gasteiger partial charge is 0.469 e. The number of esters is 1.